The van der Waals surface area contributed by atoms with Gasteiger partial charge in [0.1, 0.15) is 0 Å². The van der Waals surface area contributed by atoms with Crippen LogP contribution in [0.2, 0.25) is 0 Å². The van der Waals surface area contributed by atoms with Gasteiger partial charge in [-0.2, -0.15) is 0 Å². The van der Waals surface area contributed by atoms with Crippen LogP contribution in [-0.2, 0) is 0 Å². The van der Waals surface area contributed by atoms with E-state index in [2.05, 4.69) is 18.0 Å². The molecule has 0 aromatic heterocycles. The maximum atomic E-state index is 9.93. The minimum absolute atomic E-state index is 0.331. The summed E-state index contributed by atoms with van der Waals surface area (Å²) in [7, 11) is 2.12. The van der Waals surface area contributed by atoms with Crippen molar-refractivity contribution in [2.24, 2.45) is 0 Å². The van der Waals surface area contributed by atoms with Crippen molar-refractivity contribution in [1.29, 1.82) is 0 Å². The molecule has 1 aromatic rings. The minimum atomic E-state index is -0.331. The van der Waals surface area contributed by atoms with Crippen LogP contribution in [-0.4, -0.2) is 18.2 Å². The summed E-state index contributed by atoms with van der Waals surface area (Å²) >= 11 is 0. The second kappa shape index (κ2) is 4.23. The summed E-state index contributed by atoms with van der Waals surface area (Å²) in [6.07, 6.45) is 3.01. The van der Waals surface area contributed by atoms with E-state index in [1.54, 1.807) is 0 Å². The van der Waals surface area contributed by atoms with E-state index in [4.69, 9.17) is 0 Å². The summed E-state index contributed by atoms with van der Waals surface area (Å²) in [6, 6.07) is 8.86. The van der Waals surface area contributed by atoms with Gasteiger partial charge in [0.15, 0.2) is 0 Å². The summed E-state index contributed by atoms with van der Waals surface area (Å²) < 4.78 is 0. The third kappa shape index (κ3) is 2.15. The van der Waals surface area contributed by atoms with Gasteiger partial charge in [-0.25, -0.2) is 0 Å². The molecule has 0 radical (unpaired) electrons. The van der Waals surface area contributed by atoms with E-state index in [9.17, 15) is 5.11 Å². The molecule has 15 heavy (non-hydrogen) atoms. The fraction of sp³-hybridized carbons (Fsp3) is 0.538. The molecule has 0 amide bonds. The standard InChI is InChI=1S/C13H19NO/c1-3-13(15)11-6-4-5-7-12(11)14(2)10-8-9-10/h4-7,10,13,15H,3,8-9H2,1-2H3. The molecule has 1 N–H and O–H groups in total. The van der Waals surface area contributed by atoms with Gasteiger partial charge < -0.3 is 10.0 Å². The van der Waals surface area contributed by atoms with E-state index in [-0.39, 0.29) is 6.10 Å². The van der Waals surface area contributed by atoms with Crippen LogP contribution >= 0.6 is 0 Å². The van der Waals surface area contributed by atoms with Crippen LogP contribution < -0.4 is 4.90 Å². The Bertz CT molecular complexity index is 333. The highest BCUT2D eigenvalue weighted by Gasteiger charge is 2.28. The fourth-order valence-electron chi connectivity index (χ4n) is 1.97. The minimum Gasteiger partial charge on any atom is -0.388 e. The predicted octanol–water partition coefficient (Wildman–Crippen LogP) is 2.73. The van der Waals surface area contributed by atoms with E-state index in [1.807, 2.05) is 25.1 Å². The van der Waals surface area contributed by atoms with Crippen molar-refractivity contribution in [3.05, 3.63) is 29.8 Å². The van der Waals surface area contributed by atoms with Gasteiger partial charge in [0, 0.05) is 24.3 Å². The molecular weight excluding hydrogens is 186 g/mol. The van der Waals surface area contributed by atoms with Crippen LogP contribution in [0, 0.1) is 0 Å². The summed E-state index contributed by atoms with van der Waals surface area (Å²) in [5, 5.41) is 9.93. The van der Waals surface area contributed by atoms with Crippen LogP contribution in [0.25, 0.3) is 0 Å². The first kappa shape index (κ1) is 10.5. The molecular formula is C13H19NO. The predicted molar refractivity (Wildman–Crippen MR) is 63.1 cm³/mol. The Balaban J connectivity index is 2.27. The second-order valence-electron chi connectivity index (χ2n) is 4.32. The zero-order valence-electron chi connectivity index (χ0n) is 9.48. The lowest BCUT2D eigenvalue weighted by Crippen LogP contribution is -2.21. The monoisotopic (exact) mass is 205 g/mol. The quantitative estimate of drug-likeness (QED) is 0.817. The van der Waals surface area contributed by atoms with Crippen molar-refractivity contribution >= 4 is 5.69 Å². The number of hydrogen-bond donors (Lipinski definition) is 1. The summed E-state index contributed by atoms with van der Waals surface area (Å²) in [4.78, 5) is 2.30. The molecule has 0 spiro atoms. The van der Waals surface area contributed by atoms with E-state index < -0.39 is 0 Å². The fourth-order valence-corrected chi connectivity index (χ4v) is 1.97. The van der Waals surface area contributed by atoms with Gasteiger partial charge >= 0.3 is 0 Å². The Morgan fingerprint density at radius 1 is 1.40 bits per heavy atom. The smallest absolute Gasteiger partial charge is 0.0807 e. The van der Waals surface area contributed by atoms with Crippen LogP contribution in [0.1, 0.15) is 37.9 Å². The van der Waals surface area contributed by atoms with Crippen molar-refractivity contribution in [3.8, 4) is 0 Å². The number of aliphatic hydroxyl groups is 1. The number of anilines is 1. The lowest BCUT2D eigenvalue weighted by atomic mass is 10.0. The summed E-state index contributed by atoms with van der Waals surface area (Å²) in [5.74, 6) is 0. The van der Waals surface area contributed by atoms with Gasteiger partial charge in [0.2, 0.25) is 0 Å². The first-order valence-corrected chi connectivity index (χ1v) is 5.74. The number of benzene rings is 1. The first-order chi connectivity index (χ1) is 7.24. The molecule has 2 rings (SSSR count). The Hall–Kier alpha value is -1.02. The normalized spacial score (nSPS) is 17.5. The summed E-state index contributed by atoms with van der Waals surface area (Å²) in [5.41, 5.74) is 2.25. The van der Waals surface area contributed by atoms with Gasteiger partial charge in [-0.1, -0.05) is 25.1 Å². The third-order valence-corrected chi connectivity index (χ3v) is 3.16. The summed E-state index contributed by atoms with van der Waals surface area (Å²) in [6.45, 7) is 2.01. The lowest BCUT2D eigenvalue weighted by molar-refractivity contribution is 0.174. The molecule has 0 heterocycles. The Morgan fingerprint density at radius 2 is 2.07 bits per heavy atom. The van der Waals surface area contributed by atoms with Crippen molar-refractivity contribution in [2.45, 2.75) is 38.3 Å². The average molecular weight is 205 g/mol. The molecule has 0 saturated heterocycles. The topological polar surface area (TPSA) is 23.5 Å². The SMILES string of the molecule is CCC(O)c1ccccc1N(C)C1CC1. The number of aliphatic hydroxyl groups excluding tert-OH is 1. The van der Waals surface area contributed by atoms with E-state index >= 15 is 0 Å². The number of hydrogen-bond acceptors (Lipinski definition) is 2. The van der Waals surface area contributed by atoms with Crippen molar-refractivity contribution in [3.63, 3.8) is 0 Å². The molecule has 1 aromatic carbocycles. The molecule has 1 fully saturated rings. The Labute approximate surface area is 91.5 Å². The largest absolute Gasteiger partial charge is 0.388 e. The van der Waals surface area contributed by atoms with Crippen LogP contribution in [0.3, 0.4) is 0 Å². The van der Waals surface area contributed by atoms with Crippen molar-refractivity contribution in [1.82, 2.24) is 0 Å². The average Bonchev–Trinajstić information content (AvgIpc) is 3.11. The van der Waals surface area contributed by atoms with Crippen LogP contribution in [0.4, 0.5) is 5.69 Å². The van der Waals surface area contributed by atoms with Gasteiger partial charge in [-0.05, 0) is 25.3 Å². The molecule has 2 nitrogen and oxygen atoms in total. The highest BCUT2D eigenvalue weighted by Crippen LogP contribution is 2.34. The molecule has 0 bridgehead atoms. The molecule has 1 unspecified atom stereocenters. The maximum absolute atomic E-state index is 9.93. The molecule has 0 aliphatic heterocycles. The number of nitrogens with zero attached hydrogens (tertiary/aromatic N) is 1. The van der Waals surface area contributed by atoms with Gasteiger partial charge in [-0.15, -0.1) is 0 Å². The van der Waals surface area contributed by atoms with Crippen LogP contribution in [0.15, 0.2) is 24.3 Å². The molecule has 1 aliphatic carbocycles. The second-order valence-corrected chi connectivity index (χ2v) is 4.32. The molecule has 1 saturated carbocycles. The van der Waals surface area contributed by atoms with E-state index in [0.717, 1.165) is 12.0 Å². The third-order valence-electron chi connectivity index (χ3n) is 3.16. The Kier molecular flexibility index (Phi) is 2.96. The first-order valence-electron chi connectivity index (χ1n) is 5.74. The lowest BCUT2D eigenvalue weighted by Gasteiger charge is -2.24. The van der Waals surface area contributed by atoms with Crippen molar-refractivity contribution < 1.29 is 5.11 Å². The van der Waals surface area contributed by atoms with Crippen molar-refractivity contribution in [2.75, 3.05) is 11.9 Å². The zero-order valence-corrected chi connectivity index (χ0v) is 9.48. The highest BCUT2D eigenvalue weighted by molar-refractivity contribution is 5.55. The molecule has 1 aliphatic rings. The number of rotatable bonds is 4. The van der Waals surface area contributed by atoms with Gasteiger partial charge in [0.05, 0.1) is 6.10 Å². The molecule has 2 heteroatoms. The van der Waals surface area contributed by atoms with E-state index in [0.29, 0.717) is 6.04 Å². The van der Waals surface area contributed by atoms with Gasteiger partial charge in [0.25, 0.3) is 0 Å². The highest BCUT2D eigenvalue weighted by atomic mass is 16.3. The molecule has 82 valence electrons. The van der Waals surface area contributed by atoms with Crippen LogP contribution in [0.5, 0.6) is 0 Å². The maximum Gasteiger partial charge on any atom is 0.0807 e. The number of para-hydroxylation sites is 1. The van der Waals surface area contributed by atoms with Gasteiger partial charge in [-0.3, -0.25) is 0 Å². The molecule has 1 atom stereocenters. The Morgan fingerprint density at radius 3 is 2.67 bits per heavy atom. The zero-order chi connectivity index (χ0) is 10.8. The van der Waals surface area contributed by atoms with E-state index in [1.165, 1.54) is 18.5 Å².